The fourth-order valence-corrected chi connectivity index (χ4v) is 1.31. The van der Waals surface area contributed by atoms with Crippen molar-refractivity contribution in [2.24, 2.45) is 5.41 Å². The van der Waals surface area contributed by atoms with E-state index in [-0.39, 0.29) is 5.88 Å². The Kier molecular flexibility index (Phi) is 4.67. The van der Waals surface area contributed by atoms with Gasteiger partial charge >= 0.3 is 5.97 Å². The van der Waals surface area contributed by atoms with Gasteiger partial charge in [0.05, 0.1) is 5.41 Å². The van der Waals surface area contributed by atoms with Crippen LogP contribution in [0.4, 0.5) is 0 Å². The van der Waals surface area contributed by atoms with E-state index in [1.807, 2.05) is 0 Å². The molecule has 1 N–H and O–H groups in total. The minimum Gasteiger partial charge on any atom is -0.481 e. The molecular formula is C9H13ClO2. The number of carboxylic acid groups (broad SMARTS) is 1. The summed E-state index contributed by atoms with van der Waals surface area (Å²) in [5.74, 6) is -0.808. The fraction of sp³-hybridized carbons (Fsp3) is 0.444. The van der Waals surface area contributed by atoms with Crippen molar-refractivity contribution in [1.82, 2.24) is 0 Å². The van der Waals surface area contributed by atoms with Crippen LogP contribution < -0.4 is 0 Å². The van der Waals surface area contributed by atoms with Gasteiger partial charge in [-0.25, -0.2) is 0 Å². The van der Waals surface area contributed by atoms with Crippen LogP contribution in [0, 0.1) is 5.41 Å². The second-order valence-corrected chi connectivity index (χ2v) is 2.97. The number of hydrogen-bond donors (Lipinski definition) is 1. The van der Waals surface area contributed by atoms with E-state index in [1.165, 1.54) is 0 Å². The lowest BCUT2D eigenvalue weighted by Crippen LogP contribution is -2.31. The summed E-state index contributed by atoms with van der Waals surface area (Å²) in [6.45, 7) is 7.00. The second kappa shape index (κ2) is 4.99. The third kappa shape index (κ3) is 2.38. The molecule has 0 aromatic heterocycles. The number of hydrogen-bond acceptors (Lipinski definition) is 1. The molecule has 0 saturated heterocycles. The molecule has 0 atom stereocenters. The molecule has 0 aromatic rings. The number of rotatable bonds is 6. The maximum Gasteiger partial charge on any atom is 0.311 e. The Hall–Kier alpha value is -0.760. The summed E-state index contributed by atoms with van der Waals surface area (Å²) in [5.41, 5.74) is -0.912. The van der Waals surface area contributed by atoms with Gasteiger partial charge in [-0.2, -0.15) is 0 Å². The van der Waals surface area contributed by atoms with E-state index < -0.39 is 11.4 Å². The molecule has 0 aliphatic rings. The first-order valence-corrected chi connectivity index (χ1v) is 4.17. The van der Waals surface area contributed by atoms with Crippen LogP contribution in [0.25, 0.3) is 0 Å². The van der Waals surface area contributed by atoms with E-state index in [4.69, 9.17) is 16.7 Å². The van der Waals surface area contributed by atoms with E-state index in [1.54, 1.807) is 12.2 Å². The molecule has 0 amide bonds. The van der Waals surface area contributed by atoms with Crippen molar-refractivity contribution in [3.05, 3.63) is 25.3 Å². The number of allylic oxidation sites excluding steroid dienone is 2. The summed E-state index contributed by atoms with van der Waals surface area (Å²) in [5, 5.41) is 8.91. The van der Waals surface area contributed by atoms with Crippen LogP contribution >= 0.6 is 11.6 Å². The van der Waals surface area contributed by atoms with Gasteiger partial charge in [-0.3, -0.25) is 4.79 Å². The zero-order chi connectivity index (χ0) is 9.61. The molecule has 0 radical (unpaired) electrons. The average molecular weight is 189 g/mol. The summed E-state index contributed by atoms with van der Waals surface area (Å²) < 4.78 is 0. The highest BCUT2D eigenvalue weighted by atomic mass is 35.5. The number of halogens is 1. The van der Waals surface area contributed by atoms with Gasteiger partial charge in [0.15, 0.2) is 0 Å². The molecule has 68 valence electrons. The fourth-order valence-electron chi connectivity index (χ4n) is 0.977. The van der Waals surface area contributed by atoms with E-state index in [0.29, 0.717) is 12.8 Å². The summed E-state index contributed by atoms with van der Waals surface area (Å²) in [7, 11) is 0. The lowest BCUT2D eigenvalue weighted by molar-refractivity contribution is -0.147. The first kappa shape index (κ1) is 11.2. The van der Waals surface area contributed by atoms with Gasteiger partial charge in [0.25, 0.3) is 0 Å². The Balaban J connectivity index is 4.60. The molecule has 0 unspecified atom stereocenters. The molecule has 0 heterocycles. The third-order valence-corrected chi connectivity index (χ3v) is 2.29. The van der Waals surface area contributed by atoms with Crippen LogP contribution in [0.2, 0.25) is 0 Å². The molecule has 3 heteroatoms. The molecule has 0 fully saturated rings. The highest BCUT2D eigenvalue weighted by molar-refractivity contribution is 6.19. The Morgan fingerprint density at radius 2 is 1.83 bits per heavy atom. The average Bonchev–Trinajstić information content (AvgIpc) is 2.03. The van der Waals surface area contributed by atoms with Gasteiger partial charge in [0, 0.05) is 5.88 Å². The van der Waals surface area contributed by atoms with Crippen LogP contribution in [0.5, 0.6) is 0 Å². The Labute approximate surface area is 77.5 Å². The molecule has 0 aromatic carbocycles. The van der Waals surface area contributed by atoms with Crippen molar-refractivity contribution >= 4 is 17.6 Å². The SMILES string of the molecule is C=CCC(CCl)(CC=C)C(=O)O. The monoisotopic (exact) mass is 188 g/mol. The minimum atomic E-state index is -0.912. The van der Waals surface area contributed by atoms with Crippen molar-refractivity contribution in [1.29, 1.82) is 0 Å². The predicted molar refractivity (Wildman–Crippen MR) is 50.4 cm³/mol. The smallest absolute Gasteiger partial charge is 0.311 e. The summed E-state index contributed by atoms with van der Waals surface area (Å²) in [6.07, 6.45) is 3.88. The number of aliphatic carboxylic acids is 1. The zero-order valence-electron chi connectivity index (χ0n) is 6.92. The van der Waals surface area contributed by atoms with Crippen LogP contribution in [0.15, 0.2) is 25.3 Å². The number of carbonyl (C=O) groups is 1. The minimum absolute atomic E-state index is 0.0837. The normalized spacial score (nSPS) is 10.8. The quantitative estimate of drug-likeness (QED) is 0.514. The van der Waals surface area contributed by atoms with Crippen LogP contribution in [-0.4, -0.2) is 17.0 Å². The van der Waals surface area contributed by atoms with Crippen LogP contribution in [0.3, 0.4) is 0 Å². The first-order chi connectivity index (χ1) is 5.63. The molecule has 0 spiro atoms. The molecule has 0 rings (SSSR count). The molecule has 12 heavy (non-hydrogen) atoms. The van der Waals surface area contributed by atoms with Gasteiger partial charge in [0.1, 0.15) is 0 Å². The third-order valence-electron chi connectivity index (χ3n) is 1.78. The largest absolute Gasteiger partial charge is 0.481 e. The van der Waals surface area contributed by atoms with E-state index >= 15 is 0 Å². The predicted octanol–water partition coefficient (Wildman–Crippen LogP) is 2.45. The van der Waals surface area contributed by atoms with Gasteiger partial charge in [-0.1, -0.05) is 12.2 Å². The second-order valence-electron chi connectivity index (χ2n) is 2.70. The first-order valence-electron chi connectivity index (χ1n) is 3.64. The number of alkyl halides is 1. The van der Waals surface area contributed by atoms with Gasteiger partial charge in [0.2, 0.25) is 0 Å². The van der Waals surface area contributed by atoms with Crippen molar-refractivity contribution in [3.63, 3.8) is 0 Å². The Morgan fingerprint density at radius 1 is 1.42 bits per heavy atom. The van der Waals surface area contributed by atoms with Crippen LogP contribution in [0.1, 0.15) is 12.8 Å². The number of carboxylic acids is 1. The van der Waals surface area contributed by atoms with Gasteiger partial charge in [-0.05, 0) is 12.8 Å². The lowest BCUT2D eigenvalue weighted by Gasteiger charge is -2.23. The lowest BCUT2D eigenvalue weighted by atomic mass is 9.83. The van der Waals surface area contributed by atoms with Crippen molar-refractivity contribution in [3.8, 4) is 0 Å². The van der Waals surface area contributed by atoms with Crippen molar-refractivity contribution in [2.75, 3.05) is 5.88 Å². The summed E-state index contributed by atoms with van der Waals surface area (Å²) in [4.78, 5) is 10.9. The topological polar surface area (TPSA) is 37.3 Å². The van der Waals surface area contributed by atoms with E-state index in [0.717, 1.165) is 0 Å². The van der Waals surface area contributed by atoms with Crippen molar-refractivity contribution in [2.45, 2.75) is 12.8 Å². The van der Waals surface area contributed by atoms with Gasteiger partial charge in [-0.15, -0.1) is 24.8 Å². The summed E-state index contributed by atoms with van der Waals surface area (Å²) in [6, 6.07) is 0. The Bertz CT molecular complexity index is 177. The molecule has 2 nitrogen and oxygen atoms in total. The van der Waals surface area contributed by atoms with Gasteiger partial charge < -0.3 is 5.11 Å². The Morgan fingerprint density at radius 3 is 2.00 bits per heavy atom. The molecular weight excluding hydrogens is 176 g/mol. The molecule has 0 aliphatic heterocycles. The summed E-state index contributed by atoms with van der Waals surface area (Å²) >= 11 is 5.60. The van der Waals surface area contributed by atoms with Crippen molar-refractivity contribution < 1.29 is 9.90 Å². The maximum atomic E-state index is 10.9. The maximum absolute atomic E-state index is 10.9. The standard InChI is InChI=1S/C9H13ClO2/c1-3-5-9(7-10,6-4-2)8(11)12/h3-4H,1-2,5-7H2,(H,11,12). The van der Waals surface area contributed by atoms with Crippen LogP contribution in [-0.2, 0) is 4.79 Å². The highest BCUT2D eigenvalue weighted by Gasteiger charge is 2.34. The zero-order valence-corrected chi connectivity index (χ0v) is 7.68. The van der Waals surface area contributed by atoms with E-state index in [2.05, 4.69) is 13.2 Å². The molecule has 0 bridgehead atoms. The van der Waals surface area contributed by atoms with E-state index in [9.17, 15) is 4.79 Å². The molecule has 0 aliphatic carbocycles. The highest BCUT2D eigenvalue weighted by Crippen LogP contribution is 2.29. The molecule has 0 saturated carbocycles.